The lowest BCUT2D eigenvalue weighted by atomic mass is 10.2. The molecule has 0 bridgehead atoms. The predicted octanol–water partition coefficient (Wildman–Crippen LogP) is 1.19. The molecule has 1 aromatic rings. The van der Waals surface area contributed by atoms with Gasteiger partial charge in [0.05, 0.1) is 5.69 Å². The highest BCUT2D eigenvalue weighted by molar-refractivity contribution is 7.98. The van der Waals surface area contributed by atoms with Gasteiger partial charge in [0.15, 0.2) is 5.16 Å². The fourth-order valence-corrected chi connectivity index (χ4v) is 1.45. The van der Waals surface area contributed by atoms with Gasteiger partial charge < -0.3 is 10.8 Å². The second kappa shape index (κ2) is 4.79. The molecule has 0 amide bonds. The van der Waals surface area contributed by atoms with Crippen LogP contribution in [0.1, 0.15) is 11.3 Å². The Morgan fingerprint density at radius 2 is 2.20 bits per heavy atom. The van der Waals surface area contributed by atoms with Gasteiger partial charge in [-0.2, -0.15) is 0 Å². The van der Waals surface area contributed by atoms with Crippen LogP contribution < -0.4 is 5.73 Å². The van der Waals surface area contributed by atoms with E-state index in [0.29, 0.717) is 22.2 Å². The van der Waals surface area contributed by atoms with Crippen molar-refractivity contribution >= 4 is 29.6 Å². The second-order valence-corrected chi connectivity index (χ2v) is 3.54. The Morgan fingerprint density at radius 3 is 2.67 bits per heavy atom. The summed E-state index contributed by atoms with van der Waals surface area (Å²) in [5.74, 6) is -0.730. The Hall–Kier alpha value is -1.56. The summed E-state index contributed by atoms with van der Waals surface area (Å²) in [4.78, 5) is 18.5. The number of aliphatic carboxylic acids is 1. The van der Waals surface area contributed by atoms with E-state index in [4.69, 9.17) is 10.8 Å². The molecule has 0 fully saturated rings. The van der Waals surface area contributed by atoms with Crippen molar-refractivity contribution in [2.24, 2.45) is 0 Å². The Kier molecular flexibility index (Phi) is 3.68. The third-order valence-electron chi connectivity index (χ3n) is 1.72. The summed E-state index contributed by atoms with van der Waals surface area (Å²) < 4.78 is 0. The molecule has 0 radical (unpaired) electrons. The molecule has 0 aromatic carbocycles. The van der Waals surface area contributed by atoms with Gasteiger partial charge in [0.1, 0.15) is 5.82 Å². The van der Waals surface area contributed by atoms with Crippen molar-refractivity contribution in [3.63, 3.8) is 0 Å². The Morgan fingerprint density at radius 1 is 1.53 bits per heavy atom. The first-order valence-corrected chi connectivity index (χ1v) is 5.36. The summed E-state index contributed by atoms with van der Waals surface area (Å²) in [6.45, 7) is 1.76. The molecule has 3 N–H and O–H groups in total. The smallest absolute Gasteiger partial charge is 0.328 e. The van der Waals surface area contributed by atoms with E-state index < -0.39 is 5.97 Å². The highest BCUT2D eigenvalue weighted by Gasteiger charge is 2.06. The van der Waals surface area contributed by atoms with Crippen molar-refractivity contribution in [1.82, 2.24) is 9.97 Å². The fourth-order valence-electron chi connectivity index (χ4n) is 1.03. The quantitative estimate of drug-likeness (QED) is 0.456. The van der Waals surface area contributed by atoms with Crippen molar-refractivity contribution in [3.05, 3.63) is 17.3 Å². The van der Waals surface area contributed by atoms with Gasteiger partial charge in [-0.1, -0.05) is 11.8 Å². The molecule has 1 aromatic heterocycles. The van der Waals surface area contributed by atoms with Crippen molar-refractivity contribution in [2.75, 3.05) is 12.0 Å². The molecule has 1 rings (SSSR count). The van der Waals surface area contributed by atoms with Crippen molar-refractivity contribution in [3.8, 4) is 0 Å². The lowest BCUT2D eigenvalue weighted by Gasteiger charge is -2.04. The number of carboxylic acids is 1. The first kappa shape index (κ1) is 11.5. The van der Waals surface area contributed by atoms with E-state index in [-0.39, 0.29) is 0 Å². The largest absolute Gasteiger partial charge is 0.478 e. The summed E-state index contributed by atoms with van der Waals surface area (Å²) in [5, 5.41) is 9.07. The van der Waals surface area contributed by atoms with E-state index in [1.54, 1.807) is 6.92 Å². The van der Waals surface area contributed by atoms with Crippen LogP contribution in [0.4, 0.5) is 5.82 Å². The molecular formula is C9H11N3O2S. The molecule has 5 nitrogen and oxygen atoms in total. The van der Waals surface area contributed by atoms with Crippen LogP contribution in [0.5, 0.6) is 0 Å². The summed E-state index contributed by atoms with van der Waals surface area (Å²) in [6, 6.07) is 0. The number of carboxylic acid groups (broad SMARTS) is 1. The Balaban J connectivity index is 3.14. The van der Waals surface area contributed by atoms with Gasteiger partial charge in [0, 0.05) is 11.6 Å². The number of nitrogens with two attached hydrogens (primary N) is 1. The van der Waals surface area contributed by atoms with Gasteiger partial charge in [-0.3, -0.25) is 0 Å². The molecule has 0 aliphatic heterocycles. The van der Waals surface area contributed by atoms with Crippen LogP contribution in [0.3, 0.4) is 0 Å². The highest BCUT2D eigenvalue weighted by Crippen LogP contribution is 2.18. The van der Waals surface area contributed by atoms with Gasteiger partial charge in [-0.15, -0.1) is 0 Å². The van der Waals surface area contributed by atoms with Crippen LogP contribution in [0, 0.1) is 6.92 Å². The normalized spacial score (nSPS) is 10.8. The Labute approximate surface area is 91.4 Å². The van der Waals surface area contributed by atoms with Crippen LogP contribution in [0.2, 0.25) is 0 Å². The average molecular weight is 225 g/mol. The van der Waals surface area contributed by atoms with E-state index in [1.165, 1.54) is 17.8 Å². The maximum atomic E-state index is 10.3. The van der Waals surface area contributed by atoms with Gasteiger partial charge >= 0.3 is 5.97 Å². The van der Waals surface area contributed by atoms with Crippen molar-refractivity contribution < 1.29 is 9.90 Å². The molecule has 15 heavy (non-hydrogen) atoms. The standard InChI is InChI=1S/C9H11N3O2S/c1-5-6(3-4-7(13)14)8(10)12-9(11-5)15-2/h3-4H,1-2H3,(H,13,14)(H2,10,11,12)/b4-3+. The van der Waals surface area contributed by atoms with E-state index in [1.807, 2.05) is 6.26 Å². The molecule has 1 heterocycles. The van der Waals surface area contributed by atoms with E-state index in [9.17, 15) is 4.79 Å². The number of nitrogen functional groups attached to an aromatic ring is 1. The molecule has 0 aliphatic carbocycles. The molecule has 0 aliphatic rings. The van der Waals surface area contributed by atoms with Crippen LogP contribution in [-0.4, -0.2) is 27.3 Å². The lowest BCUT2D eigenvalue weighted by Crippen LogP contribution is -2.01. The topological polar surface area (TPSA) is 89.1 Å². The minimum Gasteiger partial charge on any atom is -0.478 e. The molecule has 80 valence electrons. The predicted molar refractivity (Wildman–Crippen MR) is 59.6 cm³/mol. The van der Waals surface area contributed by atoms with Crippen molar-refractivity contribution in [2.45, 2.75) is 12.1 Å². The number of hydrogen-bond donors (Lipinski definition) is 2. The molecule has 0 unspecified atom stereocenters. The van der Waals surface area contributed by atoms with Crippen LogP contribution in [0.25, 0.3) is 6.08 Å². The molecule has 0 saturated carbocycles. The number of hydrogen-bond acceptors (Lipinski definition) is 5. The van der Waals surface area contributed by atoms with Crippen molar-refractivity contribution in [1.29, 1.82) is 0 Å². The van der Waals surface area contributed by atoms with Gasteiger partial charge in [0.25, 0.3) is 0 Å². The van der Waals surface area contributed by atoms with Crippen LogP contribution in [-0.2, 0) is 4.79 Å². The molecule has 0 spiro atoms. The summed E-state index contributed by atoms with van der Waals surface area (Å²) >= 11 is 1.39. The minimum absolute atomic E-state index is 0.296. The summed E-state index contributed by atoms with van der Waals surface area (Å²) in [5.41, 5.74) is 6.90. The average Bonchev–Trinajstić information content (AvgIpc) is 2.15. The highest BCUT2D eigenvalue weighted by atomic mass is 32.2. The van der Waals surface area contributed by atoms with E-state index in [2.05, 4.69) is 9.97 Å². The third kappa shape index (κ3) is 2.95. The second-order valence-electron chi connectivity index (χ2n) is 2.77. The maximum Gasteiger partial charge on any atom is 0.328 e. The molecule has 6 heteroatoms. The van der Waals surface area contributed by atoms with E-state index in [0.717, 1.165) is 6.08 Å². The summed E-state index contributed by atoms with van der Waals surface area (Å²) in [6.07, 6.45) is 4.26. The molecular weight excluding hydrogens is 214 g/mol. The van der Waals surface area contributed by atoms with Gasteiger partial charge in [0.2, 0.25) is 0 Å². The zero-order valence-corrected chi connectivity index (χ0v) is 9.21. The zero-order chi connectivity index (χ0) is 11.4. The lowest BCUT2D eigenvalue weighted by molar-refractivity contribution is -0.131. The SMILES string of the molecule is CSc1nc(C)c(/C=C/C(=O)O)c(N)n1. The molecule has 0 atom stereocenters. The number of carbonyl (C=O) groups is 1. The van der Waals surface area contributed by atoms with Crippen LogP contribution in [0.15, 0.2) is 11.2 Å². The monoisotopic (exact) mass is 225 g/mol. The van der Waals surface area contributed by atoms with Gasteiger partial charge in [-0.25, -0.2) is 14.8 Å². The van der Waals surface area contributed by atoms with E-state index >= 15 is 0 Å². The maximum absolute atomic E-state index is 10.3. The Bertz CT molecular complexity index is 395. The number of nitrogens with zero attached hydrogens (tertiary/aromatic N) is 2. The zero-order valence-electron chi connectivity index (χ0n) is 8.39. The third-order valence-corrected chi connectivity index (χ3v) is 2.27. The number of aromatic nitrogens is 2. The number of aryl methyl sites for hydroxylation is 1. The minimum atomic E-state index is -1.03. The summed E-state index contributed by atoms with van der Waals surface area (Å²) in [7, 11) is 0. The molecule has 0 saturated heterocycles. The van der Waals surface area contributed by atoms with Crippen LogP contribution >= 0.6 is 11.8 Å². The first-order valence-electron chi connectivity index (χ1n) is 4.13. The first-order chi connectivity index (χ1) is 7.04. The fraction of sp³-hybridized carbons (Fsp3) is 0.222. The number of rotatable bonds is 3. The number of thioether (sulfide) groups is 1. The van der Waals surface area contributed by atoms with Gasteiger partial charge in [-0.05, 0) is 19.3 Å². The number of anilines is 1.